The topological polar surface area (TPSA) is 72.7 Å². The molecular formula is C18H15N5OS. The van der Waals surface area contributed by atoms with E-state index in [2.05, 4.69) is 27.1 Å². The Morgan fingerprint density at radius 2 is 2.12 bits per heavy atom. The minimum Gasteiger partial charge on any atom is -0.365 e. The molecule has 0 atom stereocenters. The van der Waals surface area contributed by atoms with Crippen molar-refractivity contribution in [3.05, 3.63) is 65.4 Å². The van der Waals surface area contributed by atoms with Crippen LogP contribution in [-0.2, 0) is 0 Å². The average molecular weight is 349 g/mol. The lowest BCUT2D eigenvalue weighted by molar-refractivity contribution is 0.966. The van der Waals surface area contributed by atoms with Crippen LogP contribution < -0.4 is 10.9 Å². The van der Waals surface area contributed by atoms with Crippen LogP contribution in [0.3, 0.4) is 0 Å². The molecule has 0 amide bonds. The van der Waals surface area contributed by atoms with Crippen molar-refractivity contribution in [3.63, 3.8) is 0 Å². The van der Waals surface area contributed by atoms with Crippen LogP contribution in [0.15, 0.2) is 54.2 Å². The number of nitrogens with zero attached hydrogens (tertiary/aromatic N) is 4. The van der Waals surface area contributed by atoms with Crippen LogP contribution in [0, 0.1) is 6.92 Å². The molecule has 1 N–H and O–H groups in total. The lowest BCUT2D eigenvalue weighted by Crippen LogP contribution is -2.17. The van der Waals surface area contributed by atoms with Crippen molar-refractivity contribution >= 4 is 37.5 Å². The van der Waals surface area contributed by atoms with Crippen LogP contribution in [0.2, 0.25) is 0 Å². The zero-order chi connectivity index (χ0) is 17.4. The molecule has 3 aromatic heterocycles. The van der Waals surface area contributed by atoms with Gasteiger partial charge in [0.1, 0.15) is 16.5 Å². The predicted octanol–water partition coefficient (Wildman–Crippen LogP) is 3.30. The molecule has 0 saturated heterocycles. The second-order valence-electron chi connectivity index (χ2n) is 5.64. The fraction of sp³-hybridized carbons (Fsp3) is 0.111. The lowest BCUT2D eigenvalue weighted by Gasteiger charge is -2.06. The number of aromatic nitrogens is 4. The van der Waals surface area contributed by atoms with E-state index in [1.807, 2.05) is 31.2 Å². The Morgan fingerprint density at radius 1 is 1.32 bits per heavy atom. The number of aryl methyl sites for hydroxylation is 1. The standard InChI is InChI=1S/C18H15N5OS/c1-3-8-19-17-14-13(9-21-22-17)25-16-15(14)20-10-23(18(16)24)12-6-4-11(2)5-7-12/h3-7,9-10H,1,8H2,2H3,(H,19,22). The van der Waals surface area contributed by atoms with Gasteiger partial charge in [0.2, 0.25) is 0 Å². The highest BCUT2D eigenvalue weighted by Crippen LogP contribution is 2.33. The molecule has 0 bridgehead atoms. The molecule has 0 spiro atoms. The summed E-state index contributed by atoms with van der Waals surface area (Å²) in [4.78, 5) is 17.5. The molecule has 3 heterocycles. The molecule has 1 aromatic carbocycles. The molecule has 7 heteroatoms. The van der Waals surface area contributed by atoms with E-state index in [1.165, 1.54) is 11.3 Å². The SMILES string of the molecule is C=CCNc1nncc2sc3c(=O)n(-c4ccc(C)cc4)cnc3c12. The van der Waals surface area contributed by atoms with Gasteiger partial charge in [0.15, 0.2) is 5.82 Å². The number of nitrogens with one attached hydrogen (secondary N) is 1. The minimum absolute atomic E-state index is 0.0928. The number of fused-ring (bicyclic) bond motifs is 3. The van der Waals surface area contributed by atoms with E-state index in [0.717, 1.165) is 21.3 Å². The van der Waals surface area contributed by atoms with E-state index >= 15 is 0 Å². The molecule has 0 fully saturated rings. The fourth-order valence-electron chi connectivity index (χ4n) is 2.68. The van der Waals surface area contributed by atoms with Crippen LogP contribution in [0.1, 0.15) is 5.56 Å². The summed E-state index contributed by atoms with van der Waals surface area (Å²) in [6.45, 7) is 6.27. The summed E-state index contributed by atoms with van der Waals surface area (Å²) in [5.41, 5.74) is 2.49. The van der Waals surface area contributed by atoms with Crippen molar-refractivity contribution in [2.45, 2.75) is 6.92 Å². The molecule has 124 valence electrons. The third-order valence-corrected chi connectivity index (χ3v) is 5.02. The van der Waals surface area contributed by atoms with Crippen LogP contribution in [-0.4, -0.2) is 26.3 Å². The largest absolute Gasteiger partial charge is 0.365 e. The Labute approximate surface area is 147 Å². The Kier molecular flexibility index (Phi) is 3.77. The summed E-state index contributed by atoms with van der Waals surface area (Å²) in [5, 5.41) is 12.1. The van der Waals surface area contributed by atoms with Gasteiger partial charge in [0, 0.05) is 6.54 Å². The molecular weight excluding hydrogens is 334 g/mol. The van der Waals surface area contributed by atoms with E-state index in [9.17, 15) is 4.79 Å². The van der Waals surface area contributed by atoms with Gasteiger partial charge in [-0.25, -0.2) is 4.98 Å². The van der Waals surface area contributed by atoms with Gasteiger partial charge in [-0.2, -0.15) is 5.10 Å². The van der Waals surface area contributed by atoms with Crippen molar-refractivity contribution in [2.75, 3.05) is 11.9 Å². The van der Waals surface area contributed by atoms with Gasteiger partial charge in [-0.15, -0.1) is 23.0 Å². The van der Waals surface area contributed by atoms with E-state index < -0.39 is 0 Å². The summed E-state index contributed by atoms with van der Waals surface area (Å²) < 4.78 is 3.03. The van der Waals surface area contributed by atoms with Crippen LogP contribution in [0.4, 0.5) is 5.82 Å². The first-order chi connectivity index (χ1) is 12.2. The Balaban J connectivity index is 1.96. The number of anilines is 1. The number of benzene rings is 1. The summed E-state index contributed by atoms with van der Waals surface area (Å²) in [6, 6.07) is 7.78. The van der Waals surface area contributed by atoms with Crippen molar-refractivity contribution < 1.29 is 0 Å². The summed E-state index contributed by atoms with van der Waals surface area (Å²) in [6.07, 6.45) is 4.97. The first-order valence-corrected chi connectivity index (χ1v) is 8.58. The zero-order valence-electron chi connectivity index (χ0n) is 13.6. The second kappa shape index (κ2) is 6.10. The molecule has 6 nitrogen and oxygen atoms in total. The van der Waals surface area contributed by atoms with Gasteiger partial charge >= 0.3 is 0 Å². The van der Waals surface area contributed by atoms with Gasteiger partial charge < -0.3 is 5.32 Å². The first kappa shape index (κ1) is 15.5. The van der Waals surface area contributed by atoms with Gasteiger partial charge in [0.05, 0.1) is 22.0 Å². The van der Waals surface area contributed by atoms with Crippen LogP contribution >= 0.6 is 11.3 Å². The molecule has 0 aliphatic rings. The number of hydrogen-bond acceptors (Lipinski definition) is 6. The average Bonchev–Trinajstić information content (AvgIpc) is 3.01. The first-order valence-electron chi connectivity index (χ1n) is 7.76. The lowest BCUT2D eigenvalue weighted by atomic mass is 10.2. The fourth-order valence-corrected chi connectivity index (χ4v) is 3.73. The third-order valence-electron chi connectivity index (χ3n) is 3.92. The summed E-state index contributed by atoms with van der Waals surface area (Å²) in [5.74, 6) is 0.614. The maximum Gasteiger partial charge on any atom is 0.275 e. The quantitative estimate of drug-likeness (QED) is 0.572. The van der Waals surface area contributed by atoms with Gasteiger partial charge in [-0.3, -0.25) is 9.36 Å². The molecule has 4 rings (SSSR count). The normalized spacial score (nSPS) is 11.1. The zero-order valence-corrected chi connectivity index (χ0v) is 14.4. The molecule has 4 aromatic rings. The van der Waals surface area contributed by atoms with Crippen molar-refractivity contribution in [1.29, 1.82) is 0 Å². The Morgan fingerprint density at radius 3 is 2.88 bits per heavy atom. The van der Waals surface area contributed by atoms with Gasteiger partial charge in [0.25, 0.3) is 5.56 Å². The predicted molar refractivity (Wildman–Crippen MR) is 102 cm³/mol. The highest BCUT2D eigenvalue weighted by molar-refractivity contribution is 7.25. The van der Waals surface area contributed by atoms with E-state index in [-0.39, 0.29) is 5.56 Å². The third kappa shape index (κ3) is 2.58. The smallest absolute Gasteiger partial charge is 0.275 e. The van der Waals surface area contributed by atoms with Gasteiger partial charge in [-0.1, -0.05) is 23.8 Å². The molecule has 0 unspecified atom stereocenters. The summed E-state index contributed by atoms with van der Waals surface area (Å²) in [7, 11) is 0. The number of hydrogen-bond donors (Lipinski definition) is 1. The van der Waals surface area contributed by atoms with Crippen molar-refractivity contribution in [1.82, 2.24) is 19.7 Å². The monoisotopic (exact) mass is 349 g/mol. The minimum atomic E-state index is -0.0928. The van der Waals surface area contributed by atoms with Gasteiger partial charge in [-0.05, 0) is 19.1 Å². The molecule has 0 radical (unpaired) electrons. The Bertz CT molecular complexity index is 1140. The molecule has 0 aliphatic carbocycles. The van der Waals surface area contributed by atoms with Crippen molar-refractivity contribution in [2.24, 2.45) is 0 Å². The van der Waals surface area contributed by atoms with Crippen LogP contribution in [0.5, 0.6) is 0 Å². The van der Waals surface area contributed by atoms with E-state index in [4.69, 9.17) is 0 Å². The number of thiophene rings is 1. The number of rotatable bonds is 4. The van der Waals surface area contributed by atoms with E-state index in [0.29, 0.717) is 22.6 Å². The molecule has 0 saturated carbocycles. The maximum absolute atomic E-state index is 13.0. The Hall–Kier alpha value is -3.06. The van der Waals surface area contributed by atoms with Crippen LogP contribution in [0.25, 0.3) is 26.0 Å². The molecule has 0 aliphatic heterocycles. The molecule has 25 heavy (non-hydrogen) atoms. The second-order valence-corrected chi connectivity index (χ2v) is 6.69. The maximum atomic E-state index is 13.0. The van der Waals surface area contributed by atoms with Crippen molar-refractivity contribution in [3.8, 4) is 5.69 Å². The highest BCUT2D eigenvalue weighted by atomic mass is 32.1. The summed E-state index contributed by atoms with van der Waals surface area (Å²) >= 11 is 1.38. The highest BCUT2D eigenvalue weighted by Gasteiger charge is 2.16. The van der Waals surface area contributed by atoms with E-state index in [1.54, 1.807) is 23.2 Å².